The van der Waals surface area contributed by atoms with E-state index in [-0.39, 0.29) is 0 Å². The van der Waals surface area contributed by atoms with Crippen LogP contribution in [-0.2, 0) is 6.42 Å². The summed E-state index contributed by atoms with van der Waals surface area (Å²) < 4.78 is 10.7. The van der Waals surface area contributed by atoms with Crippen LogP contribution in [0.1, 0.15) is 25.3 Å². The highest BCUT2D eigenvalue weighted by atomic mass is 16.5. The van der Waals surface area contributed by atoms with E-state index >= 15 is 0 Å². The first-order chi connectivity index (χ1) is 11.2. The van der Waals surface area contributed by atoms with E-state index in [0.29, 0.717) is 0 Å². The Hall–Kier alpha value is -1.91. The van der Waals surface area contributed by atoms with Crippen LogP contribution in [0.2, 0.25) is 0 Å². The molecule has 1 saturated heterocycles. The van der Waals surface area contributed by atoms with Crippen molar-refractivity contribution in [3.8, 4) is 11.5 Å². The summed E-state index contributed by atoms with van der Waals surface area (Å²) in [5, 5.41) is 3.47. The fraction of sp³-hybridized carbons (Fsp3) is 0.611. The topological polar surface area (TPSA) is 46.1 Å². The monoisotopic (exact) mass is 319 g/mol. The van der Waals surface area contributed by atoms with E-state index in [0.717, 1.165) is 55.0 Å². The van der Waals surface area contributed by atoms with Gasteiger partial charge in [-0.05, 0) is 48.9 Å². The Morgan fingerprint density at radius 2 is 2.00 bits per heavy atom. The molecule has 1 heterocycles. The second-order valence-corrected chi connectivity index (χ2v) is 6.07. The largest absolute Gasteiger partial charge is 0.497 e. The van der Waals surface area contributed by atoms with Crippen LogP contribution >= 0.6 is 0 Å². The molecule has 1 aromatic carbocycles. The lowest BCUT2D eigenvalue weighted by Gasteiger charge is -2.33. The number of nitrogens with one attached hydrogen (secondary N) is 1. The van der Waals surface area contributed by atoms with E-state index in [1.54, 1.807) is 14.2 Å². The number of benzene rings is 1. The molecule has 0 aliphatic carbocycles. The third-order valence-electron chi connectivity index (χ3n) is 4.46. The van der Waals surface area contributed by atoms with Crippen molar-refractivity contribution in [3.05, 3.63) is 23.8 Å². The molecule has 5 nitrogen and oxygen atoms in total. The predicted octanol–water partition coefficient (Wildman–Crippen LogP) is 2.55. The summed E-state index contributed by atoms with van der Waals surface area (Å²) in [5.74, 6) is 3.58. The zero-order valence-corrected chi connectivity index (χ0v) is 14.8. The van der Waals surface area contributed by atoms with E-state index < -0.39 is 0 Å². The van der Waals surface area contributed by atoms with Crippen molar-refractivity contribution in [3.63, 3.8) is 0 Å². The Morgan fingerprint density at radius 3 is 2.61 bits per heavy atom. The maximum absolute atomic E-state index is 5.43. The quantitative estimate of drug-likeness (QED) is 0.669. The molecule has 1 fully saturated rings. The van der Waals surface area contributed by atoms with Crippen LogP contribution in [0.5, 0.6) is 11.5 Å². The van der Waals surface area contributed by atoms with Gasteiger partial charge in [0.1, 0.15) is 11.5 Å². The SMILES string of the molecule is CN=C(NCCc1cc(OC)ccc1OC)N1CCC(C)CC1. The van der Waals surface area contributed by atoms with Gasteiger partial charge in [0.2, 0.25) is 0 Å². The Morgan fingerprint density at radius 1 is 1.26 bits per heavy atom. The minimum atomic E-state index is 0.822. The molecule has 0 amide bonds. The van der Waals surface area contributed by atoms with Crippen molar-refractivity contribution < 1.29 is 9.47 Å². The van der Waals surface area contributed by atoms with E-state index in [2.05, 4.69) is 22.1 Å². The molecular formula is C18H29N3O2. The van der Waals surface area contributed by atoms with Crippen molar-refractivity contribution in [1.82, 2.24) is 10.2 Å². The average molecular weight is 319 g/mol. The Kier molecular flexibility index (Phi) is 6.56. The van der Waals surface area contributed by atoms with Crippen LogP contribution in [0.4, 0.5) is 0 Å². The molecule has 5 heteroatoms. The number of guanidine groups is 1. The molecule has 128 valence electrons. The molecule has 0 spiro atoms. The molecule has 0 atom stereocenters. The van der Waals surface area contributed by atoms with Gasteiger partial charge < -0.3 is 19.7 Å². The maximum atomic E-state index is 5.43. The lowest BCUT2D eigenvalue weighted by molar-refractivity contribution is 0.273. The lowest BCUT2D eigenvalue weighted by Crippen LogP contribution is -2.45. The Labute approximate surface area is 139 Å². The molecule has 2 rings (SSSR count). The standard InChI is InChI=1S/C18H29N3O2/c1-14-8-11-21(12-9-14)18(19-2)20-10-7-15-13-16(22-3)5-6-17(15)23-4/h5-6,13-14H,7-12H2,1-4H3,(H,19,20). The van der Waals surface area contributed by atoms with E-state index in [1.807, 2.05) is 25.2 Å². The third-order valence-corrected chi connectivity index (χ3v) is 4.46. The number of likely N-dealkylation sites (tertiary alicyclic amines) is 1. The summed E-state index contributed by atoms with van der Waals surface area (Å²) in [6.07, 6.45) is 3.35. The van der Waals surface area contributed by atoms with Crippen LogP contribution in [0.3, 0.4) is 0 Å². The van der Waals surface area contributed by atoms with E-state index in [1.165, 1.54) is 12.8 Å². The van der Waals surface area contributed by atoms with Crippen molar-refractivity contribution in [2.24, 2.45) is 10.9 Å². The van der Waals surface area contributed by atoms with Gasteiger partial charge in [0, 0.05) is 26.7 Å². The van der Waals surface area contributed by atoms with Gasteiger partial charge >= 0.3 is 0 Å². The van der Waals surface area contributed by atoms with Crippen molar-refractivity contribution in [2.75, 3.05) is 40.9 Å². The number of nitrogens with zero attached hydrogens (tertiary/aromatic N) is 2. The van der Waals surface area contributed by atoms with Gasteiger partial charge in [0.15, 0.2) is 5.96 Å². The molecule has 23 heavy (non-hydrogen) atoms. The molecule has 0 saturated carbocycles. The molecule has 0 radical (unpaired) electrons. The van der Waals surface area contributed by atoms with Crippen LogP contribution in [0, 0.1) is 5.92 Å². The predicted molar refractivity (Wildman–Crippen MR) is 94.6 cm³/mol. The van der Waals surface area contributed by atoms with Gasteiger partial charge in [-0.25, -0.2) is 0 Å². The third kappa shape index (κ3) is 4.78. The van der Waals surface area contributed by atoms with Crippen LogP contribution in [0.15, 0.2) is 23.2 Å². The zero-order valence-electron chi connectivity index (χ0n) is 14.8. The minimum Gasteiger partial charge on any atom is -0.497 e. The Balaban J connectivity index is 1.90. The molecule has 1 aliphatic heterocycles. The van der Waals surface area contributed by atoms with Gasteiger partial charge in [0.25, 0.3) is 0 Å². The van der Waals surface area contributed by atoms with E-state index in [9.17, 15) is 0 Å². The highest BCUT2D eigenvalue weighted by Crippen LogP contribution is 2.24. The van der Waals surface area contributed by atoms with Crippen molar-refractivity contribution >= 4 is 5.96 Å². The van der Waals surface area contributed by atoms with Gasteiger partial charge in [0.05, 0.1) is 14.2 Å². The molecule has 1 aliphatic rings. The number of hydrogen-bond donors (Lipinski definition) is 1. The first-order valence-electron chi connectivity index (χ1n) is 8.34. The van der Waals surface area contributed by atoms with Crippen LogP contribution < -0.4 is 14.8 Å². The number of hydrogen-bond acceptors (Lipinski definition) is 3. The number of aliphatic imine (C=N–C) groups is 1. The summed E-state index contributed by atoms with van der Waals surface area (Å²) in [4.78, 5) is 6.77. The van der Waals surface area contributed by atoms with Gasteiger partial charge in [-0.1, -0.05) is 6.92 Å². The number of piperidine rings is 1. The first kappa shape index (κ1) is 17.4. The zero-order chi connectivity index (χ0) is 16.7. The van der Waals surface area contributed by atoms with E-state index in [4.69, 9.17) is 9.47 Å². The molecule has 1 N–H and O–H groups in total. The molecule has 0 aromatic heterocycles. The van der Waals surface area contributed by atoms with Gasteiger partial charge in [-0.3, -0.25) is 4.99 Å². The van der Waals surface area contributed by atoms with Crippen molar-refractivity contribution in [2.45, 2.75) is 26.2 Å². The molecule has 1 aromatic rings. The molecule has 0 unspecified atom stereocenters. The second-order valence-electron chi connectivity index (χ2n) is 6.07. The summed E-state index contributed by atoms with van der Waals surface area (Å²) in [5.41, 5.74) is 1.14. The fourth-order valence-electron chi connectivity index (χ4n) is 2.94. The highest BCUT2D eigenvalue weighted by molar-refractivity contribution is 5.80. The number of ether oxygens (including phenoxy) is 2. The summed E-state index contributed by atoms with van der Waals surface area (Å²) in [6.45, 7) is 5.32. The molecule has 0 bridgehead atoms. The molecular weight excluding hydrogens is 290 g/mol. The first-order valence-corrected chi connectivity index (χ1v) is 8.34. The van der Waals surface area contributed by atoms with Gasteiger partial charge in [-0.2, -0.15) is 0 Å². The normalized spacial score (nSPS) is 16.3. The van der Waals surface area contributed by atoms with Crippen molar-refractivity contribution in [1.29, 1.82) is 0 Å². The Bertz CT molecular complexity index is 523. The number of rotatable bonds is 5. The van der Waals surface area contributed by atoms with Crippen LogP contribution in [-0.4, -0.2) is 51.8 Å². The summed E-state index contributed by atoms with van der Waals surface area (Å²) >= 11 is 0. The summed E-state index contributed by atoms with van der Waals surface area (Å²) in [6, 6.07) is 5.91. The van der Waals surface area contributed by atoms with Crippen LogP contribution in [0.25, 0.3) is 0 Å². The number of methoxy groups -OCH3 is 2. The lowest BCUT2D eigenvalue weighted by atomic mass is 9.99. The summed E-state index contributed by atoms with van der Waals surface area (Å²) in [7, 11) is 5.24. The highest BCUT2D eigenvalue weighted by Gasteiger charge is 2.18. The average Bonchev–Trinajstić information content (AvgIpc) is 2.59. The fourth-order valence-corrected chi connectivity index (χ4v) is 2.94. The smallest absolute Gasteiger partial charge is 0.193 e. The maximum Gasteiger partial charge on any atom is 0.193 e. The minimum absolute atomic E-state index is 0.822. The second kappa shape index (κ2) is 8.65. The van der Waals surface area contributed by atoms with Gasteiger partial charge in [-0.15, -0.1) is 0 Å².